The van der Waals surface area contributed by atoms with Crippen molar-refractivity contribution in [3.8, 4) is 0 Å². The molecule has 0 radical (unpaired) electrons. The van der Waals surface area contributed by atoms with E-state index in [0.717, 1.165) is 6.42 Å². The van der Waals surface area contributed by atoms with Crippen molar-refractivity contribution < 1.29 is 4.74 Å². The Hall–Kier alpha value is -1.34. The van der Waals surface area contributed by atoms with Crippen LogP contribution in [0.4, 0.5) is 0 Å². The van der Waals surface area contributed by atoms with Crippen LogP contribution in [-0.2, 0) is 11.2 Å². The van der Waals surface area contributed by atoms with Gasteiger partial charge in [-0.05, 0) is 30.2 Å². The van der Waals surface area contributed by atoms with Gasteiger partial charge in [0.15, 0.2) is 0 Å². The van der Waals surface area contributed by atoms with Gasteiger partial charge in [0.1, 0.15) is 0 Å². The third-order valence-corrected chi connectivity index (χ3v) is 3.05. The van der Waals surface area contributed by atoms with Gasteiger partial charge in [0.2, 0.25) is 0 Å². The van der Waals surface area contributed by atoms with Crippen molar-refractivity contribution in [2.75, 3.05) is 7.11 Å². The van der Waals surface area contributed by atoms with Gasteiger partial charge in [0.05, 0.1) is 5.60 Å². The molecule has 2 aromatic rings. The molecule has 0 bridgehead atoms. The van der Waals surface area contributed by atoms with E-state index in [-0.39, 0.29) is 5.60 Å². The summed E-state index contributed by atoms with van der Waals surface area (Å²) in [5.74, 6) is 0. The molecule has 0 spiro atoms. The Labute approximate surface area is 97.1 Å². The summed E-state index contributed by atoms with van der Waals surface area (Å²) in [6.45, 7) is 4.24. The molecule has 0 N–H and O–H groups in total. The van der Waals surface area contributed by atoms with E-state index in [1.165, 1.54) is 16.3 Å². The monoisotopic (exact) mass is 214 g/mol. The summed E-state index contributed by atoms with van der Waals surface area (Å²) in [6, 6.07) is 14.9. The molecular weight excluding hydrogens is 196 g/mol. The van der Waals surface area contributed by atoms with Gasteiger partial charge in [-0.25, -0.2) is 0 Å². The molecule has 0 aliphatic carbocycles. The standard InChI is InChI=1S/C15H18O/c1-15(2,16-3)11-13-9-6-8-12-7-4-5-10-14(12)13/h4-10H,11H2,1-3H3. The third kappa shape index (κ3) is 2.25. The maximum atomic E-state index is 5.49. The minimum Gasteiger partial charge on any atom is -0.378 e. The van der Waals surface area contributed by atoms with Crippen LogP contribution in [0.15, 0.2) is 42.5 Å². The summed E-state index contributed by atoms with van der Waals surface area (Å²) in [5, 5.41) is 2.63. The molecule has 1 heteroatoms. The molecule has 0 aromatic heterocycles. The lowest BCUT2D eigenvalue weighted by molar-refractivity contribution is 0.0235. The summed E-state index contributed by atoms with van der Waals surface area (Å²) in [6.07, 6.45) is 0.935. The van der Waals surface area contributed by atoms with Gasteiger partial charge in [0.25, 0.3) is 0 Å². The number of hydrogen-bond donors (Lipinski definition) is 0. The molecule has 0 saturated heterocycles. The Balaban J connectivity index is 2.45. The quantitative estimate of drug-likeness (QED) is 0.755. The van der Waals surface area contributed by atoms with E-state index in [1.807, 2.05) is 0 Å². The van der Waals surface area contributed by atoms with Crippen LogP contribution in [0.3, 0.4) is 0 Å². The first-order valence-electron chi connectivity index (χ1n) is 5.64. The zero-order valence-corrected chi connectivity index (χ0v) is 10.2. The van der Waals surface area contributed by atoms with Crippen molar-refractivity contribution >= 4 is 10.8 Å². The summed E-state index contributed by atoms with van der Waals surface area (Å²) in [4.78, 5) is 0. The van der Waals surface area contributed by atoms with E-state index in [9.17, 15) is 0 Å². The highest BCUT2D eigenvalue weighted by molar-refractivity contribution is 5.85. The lowest BCUT2D eigenvalue weighted by atomic mass is 9.94. The minimum atomic E-state index is -0.107. The molecule has 0 fully saturated rings. The second kappa shape index (κ2) is 4.26. The minimum absolute atomic E-state index is 0.107. The van der Waals surface area contributed by atoms with Crippen LogP contribution in [-0.4, -0.2) is 12.7 Å². The topological polar surface area (TPSA) is 9.23 Å². The molecule has 0 heterocycles. The fourth-order valence-corrected chi connectivity index (χ4v) is 1.98. The highest BCUT2D eigenvalue weighted by Gasteiger charge is 2.17. The highest BCUT2D eigenvalue weighted by Crippen LogP contribution is 2.23. The SMILES string of the molecule is COC(C)(C)Cc1cccc2ccccc12. The largest absolute Gasteiger partial charge is 0.378 e. The van der Waals surface area contributed by atoms with Crippen molar-refractivity contribution in [1.82, 2.24) is 0 Å². The number of benzene rings is 2. The zero-order chi connectivity index (χ0) is 11.6. The maximum absolute atomic E-state index is 5.49. The molecule has 0 amide bonds. The van der Waals surface area contributed by atoms with Gasteiger partial charge in [-0.15, -0.1) is 0 Å². The first-order valence-corrected chi connectivity index (χ1v) is 5.64. The highest BCUT2D eigenvalue weighted by atomic mass is 16.5. The Bertz CT molecular complexity index is 480. The van der Waals surface area contributed by atoms with Crippen molar-refractivity contribution in [3.63, 3.8) is 0 Å². The van der Waals surface area contributed by atoms with Gasteiger partial charge in [-0.2, -0.15) is 0 Å². The molecule has 16 heavy (non-hydrogen) atoms. The molecule has 0 aliphatic rings. The van der Waals surface area contributed by atoms with Crippen LogP contribution in [0.25, 0.3) is 10.8 Å². The lowest BCUT2D eigenvalue weighted by Gasteiger charge is -2.23. The van der Waals surface area contributed by atoms with Gasteiger partial charge in [-0.1, -0.05) is 42.5 Å². The van der Waals surface area contributed by atoms with E-state index in [4.69, 9.17) is 4.74 Å². The molecule has 0 saturated carbocycles. The fourth-order valence-electron chi connectivity index (χ4n) is 1.98. The first kappa shape index (κ1) is 11.2. The smallest absolute Gasteiger partial charge is 0.0663 e. The van der Waals surface area contributed by atoms with Crippen molar-refractivity contribution in [3.05, 3.63) is 48.0 Å². The zero-order valence-electron chi connectivity index (χ0n) is 10.2. The average molecular weight is 214 g/mol. The molecule has 2 aromatic carbocycles. The van der Waals surface area contributed by atoms with E-state index in [2.05, 4.69) is 56.3 Å². The predicted octanol–water partition coefficient (Wildman–Crippen LogP) is 3.81. The second-order valence-electron chi connectivity index (χ2n) is 4.78. The Morgan fingerprint density at radius 3 is 2.44 bits per heavy atom. The molecule has 84 valence electrons. The normalized spacial score (nSPS) is 11.9. The van der Waals surface area contributed by atoms with Gasteiger partial charge in [-0.3, -0.25) is 0 Å². The Morgan fingerprint density at radius 1 is 1.00 bits per heavy atom. The summed E-state index contributed by atoms with van der Waals surface area (Å²) >= 11 is 0. The number of rotatable bonds is 3. The van der Waals surface area contributed by atoms with Crippen LogP contribution < -0.4 is 0 Å². The predicted molar refractivity (Wildman–Crippen MR) is 68.7 cm³/mol. The van der Waals surface area contributed by atoms with Gasteiger partial charge >= 0.3 is 0 Å². The van der Waals surface area contributed by atoms with Crippen LogP contribution in [0.5, 0.6) is 0 Å². The van der Waals surface area contributed by atoms with Crippen molar-refractivity contribution in [1.29, 1.82) is 0 Å². The molecule has 1 nitrogen and oxygen atoms in total. The number of methoxy groups -OCH3 is 1. The van der Waals surface area contributed by atoms with Crippen LogP contribution in [0.2, 0.25) is 0 Å². The van der Waals surface area contributed by atoms with E-state index >= 15 is 0 Å². The van der Waals surface area contributed by atoms with Gasteiger partial charge < -0.3 is 4.74 Å². The molecule has 2 rings (SSSR count). The Morgan fingerprint density at radius 2 is 1.69 bits per heavy atom. The van der Waals surface area contributed by atoms with E-state index in [1.54, 1.807) is 7.11 Å². The van der Waals surface area contributed by atoms with E-state index < -0.39 is 0 Å². The first-order chi connectivity index (χ1) is 7.62. The summed E-state index contributed by atoms with van der Waals surface area (Å²) in [7, 11) is 1.77. The molecule has 0 aliphatic heterocycles. The van der Waals surface area contributed by atoms with Crippen molar-refractivity contribution in [2.45, 2.75) is 25.9 Å². The summed E-state index contributed by atoms with van der Waals surface area (Å²) in [5.41, 5.74) is 1.24. The Kier molecular flexibility index (Phi) is 2.97. The lowest BCUT2D eigenvalue weighted by Crippen LogP contribution is -2.25. The molecular formula is C15H18O. The van der Waals surface area contributed by atoms with E-state index in [0.29, 0.717) is 0 Å². The molecule has 0 atom stereocenters. The number of ether oxygens (including phenoxy) is 1. The molecule has 0 unspecified atom stereocenters. The number of fused-ring (bicyclic) bond motifs is 1. The number of hydrogen-bond acceptors (Lipinski definition) is 1. The average Bonchev–Trinajstić information content (AvgIpc) is 2.29. The van der Waals surface area contributed by atoms with Crippen LogP contribution in [0.1, 0.15) is 19.4 Å². The maximum Gasteiger partial charge on any atom is 0.0663 e. The van der Waals surface area contributed by atoms with Crippen LogP contribution >= 0.6 is 0 Å². The third-order valence-electron chi connectivity index (χ3n) is 3.05. The fraction of sp³-hybridized carbons (Fsp3) is 0.333. The summed E-state index contributed by atoms with van der Waals surface area (Å²) < 4.78 is 5.49. The second-order valence-corrected chi connectivity index (χ2v) is 4.78. The van der Waals surface area contributed by atoms with Crippen molar-refractivity contribution in [2.24, 2.45) is 0 Å². The van der Waals surface area contributed by atoms with Gasteiger partial charge in [0, 0.05) is 13.5 Å². The van der Waals surface area contributed by atoms with Crippen LogP contribution in [0, 0.1) is 0 Å².